The summed E-state index contributed by atoms with van der Waals surface area (Å²) < 4.78 is 4.73. The summed E-state index contributed by atoms with van der Waals surface area (Å²) in [5.41, 5.74) is 5.45. The Morgan fingerprint density at radius 1 is 1.73 bits per heavy atom. The van der Waals surface area contributed by atoms with Crippen LogP contribution in [-0.4, -0.2) is 17.1 Å². The summed E-state index contributed by atoms with van der Waals surface area (Å²) in [6, 6.07) is 1.79. The molecule has 0 spiro atoms. The molecule has 1 aromatic heterocycles. The first-order chi connectivity index (χ1) is 5.27. The molecule has 5 heteroatoms. The van der Waals surface area contributed by atoms with E-state index in [1.807, 2.05) is 0 Å². The summed E-state index contributed by atoms with van der Waals surface area (Å²) in [6.45, 7) is 0. The highest BCUT2D eigenvalue weighted by atomic mass is 16.5. The van der Waals surface area contributed by atoms with Gasteiger partial charge in [0.25, 0.3) is 0 Å². The summed E-state index contributed by atoms with van der Waals surface area (Å²) in [6.07, 6.45) is 1.34. The Morgan fingerprint density at radius 2 is 2.45 bits per heavy atom. The van der Waals surface area contributed by atoms with Crippen molar-refractivity contribution in [3.8, 4) is 11.9 Å². The van der Waals surface area contributed by atoms with Crippen molar-refractivity contribution in [3.05, 3.63) is 11.9 Å². The van der Waals surface area contributed by atoms with E-state index in [0.717, 1.165) is 0 Å². The summed E-state index contributed by atoms with van der Waals surface area (Å²) >= 11 is 0. The first-order valence-electron chi connectivity index (χ1n) is 2.84. The molecule has 0 aliphatic rings. The van der Waals surface area contributed by atoms with Gasteiger partial charge in [-0.3, -0.25) is 0 Å². The number of rotatable bonds is 1. The monoisotopic (exact) mass is 150 g/mol. The van der Waals surface area contributed by atoms with Gasteiger partial charge < -0.3 is 10.5 Å². The lowest BCUT2D eigenvalue weighted by Crippen LogP contribution is -1.99. The Bertz CT molecular complexity index is 304. The average Bonchev–Trinajstić information content (AvgIpc) is 2.04. The van der Waals surface area contributed by atoms with Gasteiger partial charge in [-0.25, -0.2) is 4.98 Å². The predicted octanol–water partition coefficient (Wildman–Crippen LogP) is -0.0609. The lowest BCUT2D eigenvalue weighted by atomic mass is 10.4. The van der Waals surface area contributed by atoms with Gasteiger partial charge in [-0.05, 0) is 0 Å². The quantitative estimate of drug-likeness (QED) is 0.606. The number of nitrogens with two attached hydrogens (primary N) is 1. The number of anilines is 1. The smallest absolute Gasteiger partial charge is 0.234 e. The van der Waals surface area contributed by atoms with Crippen LogP contribution in [0.5, 0.6) is 5.88 Å². The fraction of sp³-hybridized carbons (Fsp3) is 0.167. The molecule has 5 nitrogen and oxygen atoms in total. The van der Waals surface area contributed by atoms with Crippen LogP contribution < -0.4 is 10.5 Å². The molecule has 0 saturated heterocycles. The van der Waals surface area contributed by atoms with Gasteiger partial charge in [0.15, 0.2) is 11.5 Å². The molecule has 0 radical (unpaired) electrons. The van der Waals surface area contributed by atoms with Gasteiger partial charge >= 0.3 is 0 Å². The zero-order valence-corrected chi connectivity index (χ0v) is 5.90. The van der Waals surface area contributed by atoms with E-state index < -0.39 is 0 Å². The summed E-state index contributed by atoms with van der Waals surface area (Å²) in [5.74, 6) is 0.397. The maximum absolute atomic E-state index is 8.41. The Balaban J connectivity index is 3.12. The van der Waals surface area contributed by atoms with Crippen LogP contribution in [0.1, 0.15) is 5.69 Å². The number of methoxy groups -OCH3 is 1. The van der Waals surface area contributed by atoms with Gasteiger partial charge in [0.1, 0.15) is 6.07 Å². The van der Waals surface area contributed by atoms with Crippen molar-refractivity contribution in [2.24, 2.45) is 0 Å². The molecule has 0 aromatic carbocycles. The van der Waals surface area contributed by atoms with E-state index in [-0.39, 0.29) is 11.5 Å². The van der Waals surface area contributed by atoms with Crippen LogP contribution in [0, 0.1) is 11.3 Å². The molecule has 0 bridgehead atoms. The first kappa shape index (κ1) is 7.28. The Morgan fingerprint density at radius 3 is 2.91 bits per heavy atom. The van der Waals surface area contributed by atoms with Gasteiger partial charge in [-0.15, -0.1) is 0 Å². The van der Waals surface area contributed by atoms with E-state index in [1.165, 1.54) is 13.3 Å². The normalized spacial score (nSPS) is 8.73. The molecule has 0 amide bonds. The zero-order valence-electron chi connectivity index (χ0n) is 5.90. The minimum Gasteiger partial charge on any atom is -0.480 e. The van der Waals surface area contributed by atoms with Crippen molar-refractivity contribution in [3.63, 3.8) is 0 Å². The van der Waals surface area contributed by atoms with Crippen LogP contribution in [0.2, 0.25) is 0 Å². The molecule has 0 aliphatic heterocycles. The third-order valence-corrected chi connectivity index (χ3v) is 1.09. The lowest BCUT2D eigenvalue weighted by Gasteiger charge is -1.98. The van der Waals surface area contributed by atoms with Gasteiger partial charge in [-0.2, -0.15) is 10.2 Å². The zero-order chi connectivity index (χ0) is 8.27. The average molecular weight is 150 g/mol. The standard InChI is InChI=1S/C6H6N4O/c1-11-5-3-9-4(2-7)6(8)10-5/h3H,1H3,(H2,8,10). The molecule has 0 saturated carbocycles. The maximum Gasteiger partial charge on any atom is 0.234 e. The third-order valence-electron chi connectivity index (χ3n) is 1.09. The second kappa shape index (κ2) is 2.84. The third kappa shape index (κ3) is 1.35. The molecule has 1 rings (SSSR count). The number of hydrogen-bond donors (Lipinski definition) is 1. The van der Waals surface area contributed by atoms with E-state index in [2.05, 4.69) is 9.97 Å². The predicted molar refractivity (Wildman–Crippen MR) is 37.7 cm³/mol. The first-order valence-corrected chi connectivity index (χ1v) is 2.84. The molecule has 1 heterocycles. The minimum absolute atomic E-state index is 0.0897. The molecular weight excluding hydrogens is 144 g/mol. The van der Waals surface area contributed by atoms with Crippen LogP contribution in [0.4, 0.5) is 5.82 Å². The SMILES string of the molecule is COc1cnc(C#N)c(N)n1. The van der Waals surface area contributed by atoms with E-state index in [0.29, 0.717) is 5.88 Å². The van der Waals surface area contributed by atoms with Gasteiger partial charge in [0.05, 0.1) is 13.3 Å². The van der Waals surface area contributed by atoms with Crippen molar-refractivity contribution in [2.75, 3.05) is 12.8 Å². The van der Waals surface area contributed by atoms with Crippen molar-refractivity contribution >= 4 is 5.82 Å². The molecule has 0 unspecified atom stereocenters. The fourth-order valence-corrected chi connectivity index (χ4v) is 0.571. The van der Waals surface area contributed by atoms with Crippen molar-refractivity contribution < 1.29 is 4.74 Å². The summed E-state index contributed by atoms with van der Waals surface area (Å²) in [7, 11) is 1.45. The second-order valence-electron chi connectivity index (χ2n) is 1.76. The molecule has 11 heavy (non-hydrogen) atoms. The van der Waals surface area contributed by atoms with E-state index >= 15 is 0 Å². The molecule has 0 fully saturated rings. The van der Waals surface area contributed by atoms with Crippen molar-refractivity contribution in [1.82, 2.24) is 9.97 Å². The highest BCUT2D eigenvalue weighted by molar-refractivity contribution is 5.43. The number of aromatic nitrogens is 2. The van der Waals surface area contributed by atoms with Crippen LogP contribution in [0.25, 0.3) is 0 Å². The van der Waals surface area contributed by atoms with Crippen molar-refractivity contribution in [1.29, 1.82) is 5.26 Å². The number of nitrogen functional groups attached to an aromatic ring is 1. The molecular formula is C6H6N4O. The molecule has 0 atom stereocenters. The fourth-order valence-electron chi connectivity index (χ4n) is 0.571. The molecule has 0 aliphatic carbocycles. The second-order valence-corrected chi connectivity index (χ2v) is 1.76. The lowest BCUT2D eigenvalue weighted by molar-refractivity contribution is 0.396. The van der Waals surface area contributed by atoms with E-state index in [4.69, 9.17) is 15.7 Å². The topological polar surface area (TPSA) is 84.8 Å². The van der Waals surface area contributed by atoms with Gasteiger partial charge in [0.2, 0.25) is 5.88 Å². The van der Waals surface area contributed by atoms with Crippen LogP contribution >= 0.6 is 0 Å². The summed E-state index contributed by atoms with van der Waals surface area (Å²) in [5, 5.41) is 8.41. The highest BCUT2D eigenvalue weighted by Gasteiger charge is 2.01. The van der Waals surface area contributed by atoms with Crippen molar-refractivity contribution in [2.45, 2.75) is 0 Å². The number of hydrogen-bond acceptors (Lipinski definition) is 5. The van der Waals surface area contributed by atoms with Gasteiger partial charge in [-0.1, -0.05) is 0 Å². The Hall–Kier alpha value is -1.83. The molecule has 1 aromatic rings. The van der Waals surface area contributed by atoms with E-state index in [1.54, 1.807) is 6.07 Å². The molecule has 56 valence electrons. The largest absolute Gasteiger partial charge is 0.480 e. The number of ether oxygens (including phenoxy) is 1. The maximum atomic E-state index is 8.41. The van der Waals surface area contributed by atoms with Gasteiger partial charge in [0, 0.05) is 0 Å². The highest BCUT2D eigenvalue weighted by Crippen LogP contribution is 2.09. The Labute approximate surface area is 63.4 Å². The van der Waals surface area contributed by atoms with Crippen LogP contribution in [0.3, 0.4) is 0 Å². The van der Waals surface area contributed by atoms with E-state index in [9.17, 15) is 0 Å². The number of nitrogens with zero attached hydrogens (tertiary/aromatic N) is 3. The Kier molecular flexibility index (Phi) is 1.88. The minimum atomic E-state index is 0.0897. The van der Waals surface area contributed by atoms with Crippen LogP contribution in [0.15, 0.2) is 6.20 Å². The summed E-state index contributed by atoms with van der Waals surface area (Å²) in [4.78, 5) is 7.43. The molecule has 2 N–H and O–H groups in total. The van der Waals surface area contributed by atoms with Crippen LogP contribution in [-0.2, 0) is 0 Å². The number of nitriles is 1.